The van der Waals surface area contributed by atoms with Crippen LogP contribution >= 0.6 is 0 Å². The summed E-state index contributed by atoms with van der Waals surface area (Å²) in [5.74, 6) is 0.0407. The van der Waals surface area contributed by atoms with E-state index >= 15 is 0 Å². The fourth-order valence-corrected chi connectivity index (χ4v) is 3.61. The van der Waals surface area contributed by atoms with Crippen LogP contribution in [0.25, 0.3) is 28.2 Å². The number of hydrogen-bond donors (Lipinski definition) is 3. The average Bonchev–Trinajstić information content (AvgIpc) is 2.70. The molecular formula is C25H24O6. The highest BCUT2D eigenvalue weighted by Gasteiger charge is 2.24. The normalized spacial score (nSPS) is 15.4. The average molecular weight is 420 g/mol. The van der Waals surface area contributed by atoms with Gasteiger partial charge in [-0.1, -0.05) is 24.3 Å². The van der Waals surface area contributed by atoms with E-state index in [0.29, 0.717) is 16.9 Å². The maximum Gasteiger partial charge on any atom is 0.204 e. The van der Waals surface area contributed by atoms with Crippen LogP contribution in [0, 0.1) is 0 Å². The Morgan fingerprint density at radius 2 is 1.97 bits per heavy atom. The first-order valence-electron chi connectivity index (χ1n) is 9.93. The van der Waals surface area contributed by atoms with E-state index in [0.717, 1.165) is 5.56 Å². The van der Waals surface area contributed by atoms with Gasteiger partial charge in [0, 0.05) is 23.6 Å². The van der Waals surface area contributed by atoms with E-state index in [1.54, 1.807) is 19.1 Å². The number of aromatic hydroxyl groups is 2. The fraction of sp³-hybridized carbons (Fsp3) is 0.240. The number of phenolic OH excluding ortho intramolecular Hbond substituents is 2. The molecule has 160 valence electrons. The molecule has 0 saturated carbocycles. The first kappa shape index (κ1) is 20.8. The van der Waals surface area contributed by atoms with Crippen LogP contribution in [0.2, 0.25) is 0 Å². The quantitative estimate of drug-likeness (QED) is 0.536. The van der Waals surface area contributed by atoms with Crippen molar-refractivity contribution < 1.29 is 24.5 Å². The van der Waals surface area contributed by atoms with Gasteiger partial charge < -0.3 is 24.5 Å². The Morgan fingerprint density at radius 3 is 2.68 bits per heavy atom. The van der Waals surface area contributed by atoms with Crippen LogP contribution in [0.15, 0.2) is 58.0 Å². The highest BCUT2D eigenvalue weighted by Crippen LogP contribution is 2.37. The van der Waals surface area contributed by atoms with E-state index in [1.165, 1.54) is 12.3 Å². The molecule has 0 radical (unpaired) electrons. The van der Waals surface area contributed by atoms with E-state index < -0.39 is 22.9 Å². The van der Waals surface area contributed by atoms with Crippen molar-refractivity contribution in [2.45, 2.75) is 38.9 Å². The Labute approximate surface area is 179 Å². The summed E-state index contributed by atoms with van der Waals surface area (Å²) in [6.45, 7) is 9.23. The van der Waals surface area contributed by atoms with Gasteiger partial charge in [0.25, 0.3) is 0 Å². The van der Waals surface area contributed by atoms with Crippen molar-refractivity contribution in [2.75, 3.05) is 0 Å². The first-order chi connectivity index (χ1) is 14.6. The van der Waals surface area contributed by atoms with Crippen molar-refractivity contribution in [3.05, 3.63) is 70.1 Å². The molecule has 1 aliphatic heterocycles. The van der Waals surface area contributed by atoms with Crippen molar-refractivity contribution in [2.24, 2.45) is 0 Å². The molecule has 0 bridgehead atoms. The summed E-state index contributed by atoms with van der Waals surface area (Å²) in [6.07, 6.45) is 4.14. The molecular weight excluding hydrogens is 396 g/mol. The standard InChI is InChI=1S/C25H24O6/c1-13(2)18(26)10-16-19(27)11-21-22(23(16)28)24(29)17(12-30-21)14-5-6-20-15(9-14)7-8-25(3,4)31-20/h5-9,11-12,18,26-28H,1,10H2,2-4H3. The second-order valence-corrected chi connectivity index (χ2v) is 8.43. The molecule has 0 saturated heterocycles. The number of aliphatic hydroxyl groups excluding tert-OH is 1. The minimum Gasteiger partial charge on any atom is -0.507 e. The summed E-state index contributed by atoms with van der Waals surface area (Å²) in [4.78, 5) is 13.3. The third kappa shape index (κ3) is 3.70. The van der Waals surface area contributed by atoms with Crippen molar-refractivity contribution in [1.82, 2.24) is 0 Å². The van der Waals surface area contributed by atoms with Crippen LogP contribution in [0.3, 0.4) is 0 Å². The summed E-state index contributed by atoms with van der Waals surface area (Å²) in [5, 5.41) is 31.1. The molecule has 3 N–H and O–H groups in total. The molecule has 2 aromatic carbocycles. The molecule has 1 atom stereocenters. The van der Waals surface area contributed by atoms with Crippen LogP contribution in [0.5, 0.6) is 17.2 Å². The van der Waals surface area contributed by atoms with Gasteiger partial charge >= 0.3 is 0 Å². The van der Waals surface area contributed by atoms with Gasteiger partial charge in [-0.2, -0.15) is 0 Å². The molecule has 0 aliphatic carbocycles. The fourth-order valence-electron chi connectivity index (χ4n) is 3.61. The molecule has 31 heavy (non-hydrogen) atoms. The number of benzene rings is 2. The number of hydrogen-bond acceptors (Lipinski definition) is 6. The van der Waals surface area contributed by atoms with Crippen LogP contribution in [-0.2, 0) is 6.42 Å². The molecule has 1 unspecified atom stereocenters. The largest absolute Gasteiger partial charge is 0.507 e. The molecule has 6 heteroatoms. The number of phenols is 2. The molecule has 1 aromatic heterocycles. The zero-order chi connectivity index (χ0) is 22.5. The van der Waals surface area contributed by atoms with E-state index in [2.05, 4.69) is 6.58 Å². The van der Waals surface area contributed by atoms with Crippen LogP contribution in [0.4, 0.5) is 0 Å². The third-order valence-electron chi connectivity index (χ3n) is 5.45. The highest BCUT2D eigenvalue weighted by molar-refractivity contribution is 5.90. The molecule has 2 heterocycles. The Hall–Kier alpha value is -3.51. The second-order valence-electron chi connectivity index (χ2n) is 8.43. The van der Waals surface area contributed by atoms with Crippen molar-refractivity contribution in [1.29, 1.82) is 0 Å². The third-order valence-corrected chi connectivity index (χ3v) is 5.45. The smallest absolute Gasteiger partial charge is 0.204 e. The molecule has 1 aliphatic rings. The monoisotopic (exact) mass is 420 g/mol. The SMILES string of the molecule is C=C(C)C(O)Cc1c(O)cc2occ(-c3ccc4c(c3)C=CC(C)(C)O4)c(=O)c2c1O. The zero-order valence-electron chi connectivity index (χ0n) is 17.6. The summed E-state index contributed by atoms with van der Waals surface area (Å²) in [5.41, 5.74) is 1.46. The van der Waals surface area contributed by atoms with Gasteiger partial charge in [0.2, 0.25) is 5.43 Å². The van der Waals surface area contributed by atoms with Gasteiger partial charge in [-0.25, -0.2) is 0 Å². The van der Waals surface area contributed by atoms with E-state index in [4.69, 9.17) is 9.15 Å². The summed E-state index contributed by atoms with van der Waals surface area (Å²) in [7, 11) is 0. The van der Waals surface area contributed by atoms with Gasteiger partial charge in [-0.3, -0.25) is 4.79 Å². The highest BCUT2D eigenvalue weighted by atomic mass is 16.5. The minimum atomic E-state index is -0.971. The maximum atomic E-state index is 13.3. The predicted molar refractivity (Wildman–Crippen MR) is 120 cm³/mol. The lowest BCUT2D eigenvalue weighted by Crippen LogP contribution is -2.27. The van der Waals surface area contributed by atoms with Gasteiger partial charge in [-0.05, 0) is 44.5 Å². The molecule has 4 rings (SSSR count). The van der Waals surface area contributed by atoms with E-state index in [9.17, 15) is 20.1 Å². The Balaban J connectivity index is 1.85. The van der Waals surface area contributed by atoms with Crippen LogP contribution in [-0.4, -0.2) is 27.0 Å². The Kier molecular flexibility index (Phi) is 4.90. The molecule has 6 nitrogen and oxygen atoms in total. The van der Waals surface area contributed by atoms with Crippen molar-refractivity contribution in [3.63, 3.8) is 0 Å². The molecule has 0 amide bonds. The summed E-state index contributed by atoms with van der Waals surface area (Å²) < 4.78 is 11.5. The Morgan fingerprint density at radius 1 is 1.23 bits per heavy atom. The van der Waals surface area contributed by atoms with Gasteiger partial charge in [0.15, 0.2) is 0 Å². The number of fused-ring (bicyclic) bond motifs is 2. The van der Waals surface area contributed by atoms with Gasteiger partial charge in [-0.15, -0.1) is 0 Å². The van der Waals surface area contributed by atoms with E-state index in [-0.39, 0.29) is 34.3 Å². The molecule has 3 aromatic rings. The maximum absolute atomic E-state index is 13.3. The zero-order valence-corrected chi connectivity index (χ0v) is 17.6. The predicted octanol–water partition coefficient (Wildman–Crippen LogP) is 4.53. The second kappa shape index (κ2) is 7.32. The topological polar surface area (TPSA) is 100 Å². The number of rotatable bonds is 4. The number of ether oxygens (including phenoxy) is 1. The van der Waals surface area contributed by atoms with E-state index in [1.807, 2.05) is 32.1 Å². The van der Waals surface area contributed by atoms with Crippen molar-refractivity contribution in [3.8, 4) is 28.4 Å². The molecule has 0 spiro atoms. The van der Waals surface area contributed by atoms with Gasteiger partial charge in [0.1, 0.15) is 40.1 Å². The van der Waals surface area contributed by atoms with Gasteiger partial charge in [0.05, 0.1) is 11.7 Å². The van der Waals surface area contributed by atoms with Crippen molar-refractivity contribution >= 4 is 17.0 Å². The molecule has 0 fully saturated rings. The van der Waals surface area contributed by atoms with Crippen LogP contribution in [0.1, 0.15) is 31.9 Å². The summed E-state index contributed by atoms with van der Waals surface area (Å²) in [6, 6.07) is 6.65. The first-order valence-corrected chi connectivity index (χ1v) is 9.93. The lowest BCUT2D eigenvalue weighted by molar-refractivity contribution is 0.159. The lowest BCUT2D eigenvalue weighted by Gasteiger charge is -2.28. The Bertz CT molecular complexity index is 1300. The lowest BCUT2D eigenvalue weighted by atomic mass is 9.96. The number of aliphatic hydroxyl groups is 1. The minimum absolute atomic E-state index is 0.0511. The summed E-state index contributed by atoms with van der Waals surface area (Å²) >= 11 is 0. The van der Waals surface area contributed by atoms with Crippen LogP contribution < -0.4 is 10.2 Å².